The van der Waals surface area contributed by atoms with Crippen LogP contribution >= 0.6 is 0 Å². The van der Waals surface area contributed by atoms with E-state index >= 15 is 0 Å². The normalized spacial score (nSPS) is 10.2. The Morgan fingerprint density at radius 3 is 2.61 bits per heavy atom. The highest BCUT2D eigenvalue weighted by atomic mass is 19.1. The van der Waals surface area contributed by atoms with Crippen molar-refractivity contribution in [2.45, 2.75) is 0 Å². The van der Waals surface area contributed by atoms with E-state index in [4.69, 9.17) is 6.42 Å². The zero-order valence-electron chi connectivity index (χ0n) is 14.3. The van der Waals surface area contributed by atoms with Gasteiger partial charge in [-0.1, -0.05) is 5.92 Å². The quantitative estimate of drug-likeness (QED) is 0.546. The fraction of sp³-hybridized carbons (Fsp3) is 0.0556. The van der Waals surface area contributed by atoms with Gasteiger partial charge in [0.05, 0.1) is 30.1 Å². The van der Waals surface area contributed by atoms with E-state index in [1.54, 1.807) is 0 Å². The molecule has 0 aliphatic heterocycles. The van der Waals surface area contributed by atoms with Crippen LogP contribution in [0.5, 0.6) is 0 Å². The Morgan fingerprint density at radius 1 is 1.25 bits per heavy atom. The zero-order valence-corrected chi connectivity index (χ0v) is 14.3. The van der Waals surface area contributed by atoms with E-state index in [0.29, 0.717) is 0 Å². The Hall–Kier alpha value is -4.13. The third kappa shape index (κ3) is 3.68. The van der Waals surface area contributed by atoms with Crippen molar-refractivity contribution in [2.24, 2.45) is 0 Å². The Labute approximate surface area is 157 Å². The molecule has 0 aliphatic carbocycles. The summed E-state index contributed by atoms with van der Waals surface area (Å²) in [7, 11) is 1.12. The summed E-state index contributed by atoms with van der Waals surface area (Å²) in [5.74, 6) is -0.738. The minimum atomic E-state index is -0.860. The number of terminal acetylenes is 1. The number of esters is 1. The molecule has 0 spiro atoms. The monoisotopic (exact) mass is 383 g/mol. The molecule has 1 aromatic carbocycles. The molecule has 0 unspecified atom stereocenters. The summed E-state index contributed by atoms with van der Waals surface area (Å²) >= 11 is 0. The van der Waals surface area contributed by atoms with E-state index < -0.39 is 23.6 Å². The fourth-order valence-electron chi connectivity index (χ4n) is 2.26. The Bertz CT molecular complexity index is 1100. The maximum absolute atomic E-state index is 13.9. The van der Waals surface area contributed by atoms with Gasteiger partial charge < -0.3 is 10.1 Å². The summed E-state index contributed by atoms with van der Waals surface area (Å²) in [6.07, 6.45) is 7.50. The second-order valence-electron chi connectivity index (χ2n) is 5.35. The molecule has 0 atom stereocenters. The van der Waals surface area contributed by atoms with Crippen LogP contribution < -0.4 is 5.32 Å². The first-order chi connectivity index (χ1) is 13.4. The summed E-state index contributed by atoms with van der Waals surface area (Å²) in [6, 6.07) is 4.76. The number of nitrogens with one attached hydrogen (secondary N) is 1. The lowest BCUT2D eigenvalue weighted by molar-refractivity contribution is 0.0601. The molecule has 1 amide bonds. The molecular formula is C18H11F2N5O3. The van der Waals surface area contributed by atoms with Crippen molar-refractivity contribution in [3.05, 3.63) is 65.4 Å². The second-order valence-corrected chi connectivity index (χ2v) is 5.35. The van der Waals surface area contributed by atoms with Crippen LogP contribution in [0.1, 0.15) is 26.4 Å². The standard InChI is InChI=1S/C18H11F2N5O3/c1-3-10-6-14(11(7-12(10)19)18(27)28-2)22-17(26)13-4-5-16(24-23-13)25-8-15(20)21-9-25/h1,4-9H,2H3,(H,22,26). The van der Waals surface area contributed by atoms with Crippen LogP contribution in [0, 0.1) is 24.1 Å². The van der Waals surface area contributed by atoms with E-state index in [0.717, 1.165) is 25.4 Å². The lowest BCUT2D eigenvalue weighted by Gasteiger charge is -2.11. The Morgan fingerprint density at radius 2 is 2.04 bits per heavy atom. The number of amides is 1. The van der Waals surface area contributed by atoms with Crippen molar-refractivity contribution in [1.82, 2.24) is 19.7 Å². The minimum Gasteiger partial charge on any atom is -0.465 e. The fourth-order valence-corrected chi connectivity index (χ4v) is 2.26. The van der Waals surface area contributed by atoms with Gasteiger partial charge in [-0.15, -0.1) is 16.6 Å². The number of hydrogen-bond donors (Lipinski definition) is 1. The third-order valence-electron chi connectivity index (χ3n) is 3.61. The van der Waals surface area contributed by atoms with Gasteiger partial charge in [-0.2, -0.15) is 4.39 Å². The van der Waals surface area contributed by atoms with E-state index in [1.165, 1.54) is 23.0 Å². The number of carbonyl (C=O) groups excluding carboxylic acids is 2. The number of aromatic nitrogens is 4. The van der Waals surface area contributed by atoms with Crippen molar-refractivity contribution < 1.29 is 23.1 Å². The Balaban J connectivity index is 1.88. The third-order valence-corrected chi connectivity index (χ3v) is 3.61. The molecule has 10 heteroatoms. The summed E-state index contributed by atoms with van der Waals surface area (Å²) in [5.41, 5.74) is -0.516. The maximum Gasteiger partial charge on any atom is 0.340 e. The summed E-state index contributed by atoms with van der Waals surface area (Å²) in [6.45, 7) is 0. The molecule has 0 fully saturated rings. The Kier molecular flexibility index (Phi) is 5.08. The van der Waals surface area contributed by atoms with E-state index in [9.17, 15) is 18.4 Å². The number of imidazole rings is 1. The summed E-state index contributed by atoms with van der Waals surface area (Å²) in [5, 5.41) is 9.98. The van der Waals surface area contributed by atoms with Gasteiger partial charge in [0.15, 0.2) is 11.5 Å². The van der Waals surface area contributed by atoms with Crippen molar-refractivity contribution in [2.75, 3.05) is 12.4 Å². The van der Waals surface area contributed by atoms with Gasteiger partial charge >= 0.3 is 5.97 Å². The van der Waals surface area contributed by atoms with E-state index in [1.807, 2.05) is 0 Å². The van der Waals surface area contributed by atoms with Gasteiger partial charge in [-0.25, -0.2) is 14.2 Å². The van der Waals surface area contributed by atoms with E-state index in [2.05, 4.69) is 31.2 Å². The average molecular weight is 383 g/mol. The predicted molar refractivity (Wildman–Crippen MR) is 92.7 cm³/mol. The number of nitrogens with zero attached hydrogens (tertiary/aromatic N) is 4. The predicted octanol–water partition coefficient (Wildman–Crippen LogP) is 1.96. The van der Waals surface area contributed by atoms with Crippen molar-refractivity contribution in [1.29, 1.82) is 0 Å². The van der Waals surface area contributed by atoms with Crippen molar-refractivity contribution in [3.63, 3.8) is 0 Å². The highest BCUT2D eigenvalue weighted by molar-refractivity contribution is 6.07. The second kappa shape index (κ2) is 7.63. The summed E-state index contributed by atoms with van der Waals surface area (Å²) in [4.78, 5) is 27.7. The largest absolute Gasteiger partial charge is 0.465 e. The molecule has 0 aliphatic rings. The van der Waals surface area contributed by atoms with Gasteiger partial charge in [0.2, 0.25) is 5.95 Å². The van der Waals surface area contributed by atoms with Crippen LogP contribution in [0.4, 0.5) is 14.5 Å². The number of hydrogen-bond acceptors (Lipinski definition) is 6. The molecule has 3 rings (SSSR count). The number of rotatable bonds is 4. The molecule has 28 heavy (non-hydrogen) atoms. The highest BCUT2D eigenvalue weighted by Crippen LogP contribution is 2.22. The number of benzene rings is 1. The first kappa shape index (κ1) is 18.7. The van der Waals surface area contributed by atoms with Crippen molar-refractivity contribution in [3.8, 4) is 18.2 Å². The molecule has 8 nitrogen and oxygen atoms in total. The molecule has 0 radical (unpaired) electrons. The number of halogens is 2. The first-order valence-corrected chi connectivity index (χ1v) is 7.66. The number of anilines is 1. The first-order valence-electron chi connectivity index (χ1n) is 7.66. The van der Waals surface area contributed by atoms with Crippen LogP contribution in [-0.2, 0) is 4.74 Å². The molecule has 0 saturated heterocycles. The molecule has 1 N–H and O–H groups in total. The van der Waals surface area contributed by atoms with Gasteiger partial charge in [-0.05, 0) is 24.3 Å². The smallest absolute Gasteiger partial charge is 0.340 e. The van der Waals surface area contributed by atoms with Crippen molar-refractivity contribution >= 4 is 17.6 Å². The molecule has 0 saturated carbocycles. The zero-order chi connectivity index (χ0) is 20.3. The lowest BCUT2D eigenvalue weighted by atomic mass is 10.1. The summed E-state index contributed by atoms with van der Waals surface area (Å²) < 4.78 is 32.7. The van der Waals surface area contributed by atoms with Crippen LogP contribution in [0.3, 0.4) is 0 Å². The van der Waals surface area contributed by atoms with Crippen LogP contribution in [-0.4, -0.2) is 38.7 Å². The molecule has 3 aromatic rings. The number of carbonyl (C=O) groups is 2. The van der Waals surface area contributed by atoms with Gasteiger partial charge in [0, 0.05) is 0 Å². The van der Waals surface area contributed by atoms with Gasteiger partial charge in [0.1, 0.15) is 12.1 Å². The molecule has 140 valence electrons. The SMILES string of the molecule is C#Cc1cc(NC(=O)c2ccc(-n3cnc(F)c3)nn2)c(C(=O)OC)cc1F. The van der Waals surface area contributed by atoms with Gasteiger partial charge in [-0.3, -0.25) is 9.36 Å². The number of ether oxygens (including phenoxy) is 1. The van der Waals surface area contributed by atoms with Crippen LogP contribution in [0.2, 0.25) is 0 Å². The molecular weight excluding hydrogens is 372 g/mol. The van der Waals surface area contributed by atoms with E-state index in [-0.39, 0.29) is 28.3 Å². The molecule has 0 bridgehead atoms. The number of methoxy groups -OCH3 is 1. The topological polar surface area (TPSA) is 99.0 Å². The average Bonchev–Trinajstić information content (AvgIpc) is 3.14. The lowest BCUT2D eigenvalue weighted by Crippen LogP contribution is -2.18. The molecule has 2 heterocycles. The van der Waals surface area contributed by atoms with Crippen LogP contribution in [0.15, 0.2) is 36.8 Å². The molecule has 2 aromatic heterocycles. The van der Waals surface area contributed by atoms with Gasteiger partial charge in [0.25, 0.3) is 5.91 Å². The minimum absolute atomic E-state index is 0.0474. The highest BCUT2D eigenvalue weighted by Gasteiger charge is 2.19. The maximum atomic E-state index is 13.9. The van der Waals surface area contributed by atoms with Crippen LogP contribution in [0.25, 0.3) is 5.82 Å².